The Morgan fingerprint density at radius 3 is 0.944 bits per heavy atom. The molecule has 510 valence electrons. The summed E-state index contributed by atoms with van der Waals surface area (Å²) in [6.45, 7) is 0. The fourth-order valence-corrected chi connectivity index (χ4v) is 17.9. The van der Waals surface area contributed by atoms with E-state index in [0.717, 1.165) is 112 Å². The molecule has 4 heterocycles. The molecule has 17 aromatic carbocycles. The summed E-state index contributed by atoms with van der Waals surface area (Å²) in [5, 5.41) is 12.0. The number of hydrogen-bond acceptors (Lipinski definition) is 8. The van der Waals surface area contributed by atoms with Crippen LogP contribution in [-0.4, -0.2) is 0 Å². The molecule has 0 unspecified atom stereocenters. The van der Waals surface area contributed by atoms with Gasteiger partial charge in [-0.3, -0.25) is 0 Å². The molecule has 108 heavy (non-hydrogen) atoms. The summed E-state index contributed by atoms with van der Waals surface area (Å²) in [4.78, 5) is 9.31. The topological polar surface area (TPSA) is 39.2 Å². The van der Waals surface area contributed by atoms with Gasteiger partial charge in [0.1, 0.15) is 22.3 Å². The van der Waals surface area contributed by atoms with Crippen molar-refractivity contribution in [2.45, 2.75) is 0 Å². The lowest BCUT2D eigenvalue weighted by atomic mass is 10.0. The van der Waals surface area contributed by atoms with Gasteiger partial charge in [-0.05, 0) is 197 Å². The van der Waals surface area contributed by atoms with Gasteiger partial charge in [0.25, 0.3) is 0 Å². The van der Waals surface area contributed by atoms with E-state index in [1.807, 2.05) is 22.7 Å². The van der Waals surface area contributed by atoms with Crippen LogP contribution >= 0.6 is 22.7 Å². The van der Waals surface area contributed by atoms with E-state index < -0.39 is 0 Å². The first-order valence-corrected chi connectivity index (χ1v) is 38.1. The Morgan fingerprint density at radius 1 is 0.176 bits per heavy atom. The number of hydrogen-bond donors (Lipinski definition) is 0. The Bertz CT molecular complexity index is 6800. The van der Waals surface area contributed by atoms with E-state index in [9.17, 15) is 0 Å². The number of rotatable bonds is 14. The molecule has 8 heteroatoms. The minimum absolute atomic E-state index is 0.840. The van der Waals surface area contributed by atoms with E-state index in [2.05, 4.69) is 420 Å². The van der Waals surface area contributed by atoms with Crippen molar-refractivity contribution in [1.29, 1.82) is 0 Å². The van der Waals surface area contributed by atoms with Crippen LogP contribution in [0.3, 0.4) is 0 Å². The molecule has 0 aliphatic heterocycles. The standard InChI is InChI=1S/C52H34N2OS.C48H32N2OS/c1-3-14-39(15-4-1)54(40-16-5-2-6-17-40)47-19-11-20-48-52(47)46-31-29-42(33-49(46)55-48)53(43-28-30-45-44-18-9-10-21-50(44)56-51(45)34-43)41-26-24-36(25-27-41)38-23-22-35-12-7-8-13-37(35)32-38;1-4-13-33(14-5-1)34-23-25-37(26-24-34)49(39-27-29-41-40-19-10-11-22-46(40)52-47(41)32-39)38-28-30-42-45(31-38)51-44-21-12-20-43(48(42)44)50(35-15-6-2-7-16-35)36-17-8-3-9-18-36/h1-34H;1-32H. The van der Waals surface area contributed by atoms with Crippen LogP contribution in [0.5, 0.6) is 0 Å². The smallest absolute Gasteiger partial charge is 0.137 e. The number of thiophene rings is 2. The third-order valence-electron chi connectivity index (χ3n) is 20.7. The Morgan fingerprint density at radius 2 is 0.500 bits per heavy atom. The lowest BCUT2D eigenvalue weighted by molar-refractivity contribution is 0.668. The van der Waals surface area contributed by atoms with Crippen molar-refractivity contribution in [2.75, 3.05) is 19.6 Å². The van der Waals surface area contributed by atoms with Crippen LogP contribution in [0.1, 0.15) is 0 Å². The zero-order valence-electron chi connectivity index (χ0n) is 58.5. The van der Waals surface area contributed by atoms with Gasteiger partial charge in [-0.1, -0.05) is 224 Å². The summed E-state index contributed by atoms with van der Waals surface area (Å²) in [7, 11) is 0. The predicted molar refractivity (Wildman–Crippen MR) is 460 cm³/mol. The Balaban J connectivity index is 0.000000143. The second-order valence-corrected chi connectivity index (χ2v) is 29.3. The first-order valence-electron chi connectivity index (χ1n) is 36.4. The second kappa shape index (κ2) is 27.4. The number of nitrogens with zero attached hydrogens (tertiary/aromatic N) is 4. The van der Waals surface area contributed by atoms with Gasteiger partial charge in [0.2, 0.25) is 0 Å². The zero-order chi connectivity index (χ0) is 71.4. The van der Waals surface area contributed by atoms with E-state index >= 15 is 0 Å². The molecule has 21 aromatic rings. The average Bonchev–Trinajstić information content (AvgIpc) is 1.58. The Hall–Kier alpha value is -13.8. The molecule has 0 aliphatic carbocycles. The normalized spacial score (nSPS) is 11.5. The Labute approximate surface area is 632 Å². The molecule has 0 fully saturated rings. The Kier molecular flexibility index (Phi) is 16.2. The van der Waals surface area contributed by atoms with E-state index in [0.29, 0.717) is 0 Å². The minimum atomic E-state index is 0.840. The number of furan rings is 2. The van der Waals surface area contributed by atoms with Crippen molar-refractivity contribution in [1.82, 2.24) is 0 Å². The summed E-state index contributed by atoms with van der Waals surface area (Å²) >= 11 is 3.68. The minimum Gasteiger partial charge on any atom is -0.456 e. The first kappa shape index (κ1) is 63.9. The van der Waals surface area contributed by atoms with Gasteiger partial charge in [-0.25, -0.2) is 0 Å². The van der Waals surface area contributed by atoms with Gasteiger partial charge >= 0.3 is 0 Å². The molecule has 0 bridgehead atoms. The van der Waals surface area contributed by atoms with Crippen LogP contribution < -0.4 is 19.6 Å². The van der Waals surface area contributed by atoms with Crippen molar-refractivity contribution < 1.29 is 8.83 Å². The second-order valence-electron chi connectivity index (χ2n) is 27.1. The van der Waals surface area contributed by atoms with Crippen LogP contribution in [-0.2, 0) is 0 Å². The van der Waals surface area contributed by atoms with E-state index in [-0.39, 0.29) is 0 Å². The fourth-order valence-electron chi connectivity index (χ4n) is 15.6. The summed E-state index contributed by atoms with van der Waals surface area (Å²) in [6, 6.07) is 143. The predicted octanol–water partition coefficient (Wildman–Crippen LogP) is 30.3. The van der Waals surface area contributed by atoms with Crippen molar-refractivity contribution >= 4 is 186 Å². The SMILES string of the molecule is c1ccc(-c2ccc(N(c3ccc4c(c3)oc3cccc(N(c5ccccc5)c5ccccc5)c34)c3ccc4c(c3)sc3ccccc34)cc2)cc1.c1ccc(N(c2ccccc2)c2cccc3oc4cc(N(c5ccc(-c6ccc7ccccc7c6)cc5)c5ccc6c(c5)sc5ccccc56)ccc4c23)cc1. The molecule has 0 atom stereocenters. The lowest BCUT2D eigenvalue weighted by Gasteiger charge is -2.26. The van der Waals surface area contributed by atoms with E-state index in [4.69, 9.17) is 8.83 Å². The van der Waals surface area contributed by atoms with Crippen LogP contribution in [0, 0.1) is 0 Å². The summed E-state index contributed by atoms with van der Waals surface area (Å²) in [5.41, 5.74) is 21.1. The highest BCUT2D eigenvalue weighted by molar-refractivity contribution is 7.26. The number of fused-ring (bicyclic) bond motifs is 13. The summed E-state index contributed by atoms with van der Waals surface area (Å²) < 4.78 is 18.6. The molecule has 4 aromatic heterocycles. The van der Waals surface area contributed by atoms with Crippen LogP contribution in [0.25, 0.3) is 117 Å². The molecule has 0 saturated carbocycles. The maximum Gasteiger partial charge on any atom is 0.137 e. The highest BCUT2D eigenvalue weighted by atomic mass is 32.1. The van der Waals surface area contributed by atoms with Crippen molar-refractivity contribution in [3.8, 4) is 22.3 Å². The van der Waals surface area contributed by atoms with Gasteiger partial charge in [0, 0.05) is 120 Å². The number of benzene rings is 17. The summed E-state index contributed by atoms with van der Waals surface area (Å²) in [6.07, 6.45) is 0. The lowest BCUT2D eigenvalue weighted by Crippen LogP contribution is -2.10. The van der Waals surface area contributed by atoms with Crippen molar-refractivity contribution in [3.63, 3.8) is 0 Å². The molecular weight excluding hydrogens is 1350 g/mol. The van der Waals surface area contributed by atoms with Crippen molar-refractivity contribution in [2.24, 2.45) is 0 Å². The monoisotopic (exact) mass is 1420 g/mol. The third kappa shape index (κ3) is 11.7. The van der Waals surface area contributed by atoms with Gasteiger partial charge in [-0.15, -0.1) is 22.7 Å². The van der Waals surface area contributed by atoms with Crippen LogP contribution in [0.4, 0.5) is 68.2 Å². The molecule has 0 saturated heterocycles. The highest BCUT2D eigenvalue weighted by Gasteiger charge is 2.25. The molecule has 0 N–H and O–H groups in total. The van der Waals surface area contributed by atoms with E-state index in [1.54, 1.807) is 0 Å². The molecule has 0 spiro atoms. The zero-order valence-corrected chi connectivity index (χ0v) is 60.2. The number of para-hydroxylation sites is 4. The molecular formula is C100H66N4O2S2. The average molecular weight is 1420 g/mol. The fraction of sp³-hybridized carbons (Fsp3) is 0. The van der Waals surface area contributed by atoms with Gasteiger partial charge in [0.15, 0.2) is 0 Å². The third-order valence-corrected chi connectivity index (χ3v) is 22.9. The molecule has 0 amide bonds. The first-order chi connectivity index (χ1) is 53.5. The van der Waals surface area contributed by atoms with Crippen LogP contribution in [0.15, 0.2) is 409 Å². The summed E-state index contributed by atoms with van der Waals surface area (Å²) in [5.74, 6) is 0. The molecule has 0 aliphatic rings. The van der Waals surface area contributed by atoms with Crippen LogP contribution in [0.2, 0.25) is 0 Å². The maximum atomic E-state index is 6.75. The van der Waals surface area contributed by atoms with E-state index in [1.165, 1.54) is 73.4 Å². The molecule has 6 nitrogen and oxygen atoms in total. The largest absolute Gasteiger partial charge is 0.456 e. The molecule has 0 radical (unpaired) electrons. The maximum absolute atomic E-state index is 6.75. The number of anilines is 12. The molecule has 21 rings (SSSR count). The van der Waals surface area contributed by atoms with Gasteiger partial charge < -0.3 is 28.4 Å². The quantitative estimate of drug-likeness (QED) is 0.108. The highest BCUT2D eigenvalue weighted by Crippen LogP contribution is 2.50. The van der Waals surface area contributed by atoms with Gasteiger partial charge in [0.05, 0.1) is 22.1 Å². The van der Waals surface area contributed by atoms with Gasteiger partial charge in [-0.2, -0.15) is 0 Å². The van der Waals surface area contributed by atoms with Crippen molar-refractivity contribution in [3.05, 3.63) is 400 Å².